The Kier molecular flexibility index (Phi) is 3.65. The van der Waals surface area contributed by atoms with Crippen molar-refractivity contribution in [2.75, 3.05) is 6.61 Å². The van der Waals surface area contributed by atoms with Gasteiger partial charge in [0.15, 0.2) is 0 Å². The SMILES string of the molecule is C=C(C)C(OCC)c1ccncc1. The molecule has 0 aliphatic rings. The molecule has 0 bridgehead atoms. The molecule has 1 atom stereocenters. The van der Waals surface area contributed by atoms with Crippen LogP contribution in [0.25, 0.3) is 0 Å². The fourth-order valence-electron chi connectivity index (χ4n) is 1.23. The van der Waals surface area contributed by atoms with Gasteiger partial charge >= 0.3 is 0 Å². The summed E-state index contributed by atoms with van der Waals surface area (Å²) in [5, 5.41) is 0. The van der Waals surface area contributed by atoms with Crippen LogP contribution >= 0.6 is 0 Å². The average Bonchev–Trinajstić information content (AvgIpc) is 2.15. The van der Waals surface area contributed by atoms with Crippen molar-refractivity contribution in [3.05, 3.63) is 42.2 Å². The largest absolute Gasteiger partial charge is 0.369 e. The molecule has 0 radical (unpaired) electrons. The van der Waals surface area contributed by atoms with E-state index < -0.39 is 0 Å². The summed E-state index contributed by atoms with van der Waals surface area (Å²) in [5.41, 5.74) is 2.14. The zero-order chi connectivity index (χ0) is 9.68. The van der Waals surface area contributed by atoms with Gasteiger partial charge in [0, 0.05) is 19.0 Å². The molecule has 1 unspecified atom stereocenters. The fourth-order valence-corrected chi connectivity index (χ4v) is 1.23. The standard InChI is InChI=1S/C11H15NO/c1-4-13-11(9(2)3)10-5-7-12-8-6-10/h5-8,11H,2,4H2,1,3H3. The summed E-state index contributed by atoms with van der Waals surface area (Å²) in [6, 6.07) is 3.91. The van der Waals surface area contributed by atoms with Gasteiger partial charge < -0.3 is 4.74 Å². The minimum Gasteiger partial charge on any atom is -0.369 e. The molecule has 0 fully saturated rings. The van der Waals surface area contributed by atoms with Gasteiger partial charge in [-0.05, 0) is 37.1 Å². The maximum Gasteiger partial charge on any atom is 0.103 e. The Morgan fingerprint density at radius 2 is 2.15 bits per heavy atom. The number of aromatic nitrogens is 1. The van der Waals surface area contributed by atoms with Crippen LogP contribution < -0.4 is 0 Å². The second kappa shape index (κ2) is 4.77. The monoisotopic (exact) mass is 177 g/mol. The van der Waals surface area contributed by atoms with Crippen molar-refractivity contribution in [3.8, 4) is 0 Å². The maximum absolute atomic E-state index is 5.56. The number of nitrogens with zero attached hydrogens (tertiary/aromatic N) is 1. The predicted octanol–water partition coefficient (Wildman–Crippen LogP) is 2.74. The highest BCUT2D eigenvalue weighted by Gasteiger charge is 2.10. The highest BCUT2D eigenvalue weighted by molar-refractivity contribution is 5.21. The molecule has 2 heteroatoms. The summed E-state index contributed by atoms with van der Waals surface area (Å²) in [6.07, 6.45) is 3.54. The van der Waals surface area contributed by atoms with Gasteiger partial charge in [-0.25, -0.2) is 0 Å². The van der Waals surface area contributed by atoms with Crippen LogP contribution in [0.4, 0.5) is 0 Å². The Morgan fingerprint density at radius 3 is 2.62 bits per heavy atom. The molecular weight excluding hydrogens is 162 g/mol. The summed E-state index contributed by atoms with van der Waals surface area (Å²) < 4.78 is 5.56. The molecule has 0 spiro atoms. The molecule has 1 rings (SSSR count). The minimum absolute atomic E-state index is 0.00741. The van der Waals surface area contributed by atoms with Gasteiger partial charge in [-0.2, -0.15) is 0 Å². The topological polar surface area (TPSA) is 22.1 Å². The molecule has 0 saturated heterocycles. The van der Waals surface area contributed by atoms with Crippen molar-refractivity contribution in [2.45, 2.75) is 20.0 Å². The first-order chi connectivity index (χ1) is 6.25. The summed E-state index contributed by atoms with van der Waals surface area (Å²) >= 11 is 0. The van der Waals surface area contributed by atoms with E-state index in [1.54, 1.807) is 12.4 Å². The van der Waals surface area contributed by atoms with E-state index in [0.29, 0.717) is 6.61 Å². The van der Waals surface area contributed by atoms with E-state index in [0.717, 1.165) is 11.1 Å². The van der Waals surface area contributed by atoms with Crippen molar-refractivity contribution in [2.24, 2.45) is 0 Å². The summed E-state index contributed by atoms with van der Waals surface area (Å²) in [4.78, 5) is 3.96. The first-order valence-electron chi connectivity index (χ1n) is 4.42. The van der Waals surface area contributed by atoms with Gasteiger partial charge in [-0.15, -0.1) is 0 Å². The predicted molar refractivity (Wildman–Crippen MR) is 53.4 cm³/mol. The van der Waals surface area contributed by atoms with E-state index >= 15 is 0 Å². The van der Waals surface area contributed by atoms with Crippen LogP contribution in [0, 0.1) is 0 Å². The maximum atomic E-state index is 5.56. The molecule has 0 aliphatic carbocycles. The first kappa shape index (κ1) is 9.93. The van der Waals surface area contributed by atoms with Crippen LogP contribution in [-0.2, 0) is 4.74 Å². The van der Waals surface area contributed by atoms with Crippen molar-refractivity contribution < 1.29 is 4.74 Å². The quantitative estimate of drug-likeness (QED) is 0.660. The molecule has 13 heavy (non-hydrogen) atoms. The molecular formula is C11H15NO. The molecule has 0 aromatic carbocycles. The van der Waals surface area contributed by atoms with E-state index in [9.17, 15) is 0 Å². The van der Waals surface area contributed by atoms with Gasteiger partial charge in [0.1, 0.15) is 6.10 Å². The van der Waals surface area contributed by atoms with Gasteiger partial charge in [0.25, 0.3) is 0 Å². The van der Waals surface area contributed by atoms with Crippen molar-refractivity contribution >= 4 is 0 Å². The van der Waals surface area contributed by atoms with Crippen LogP contribution in [0.15, 0.2) is 36.7 Å². The van der Waals surface area contributed by atoms with Gasteiger partial charge in [-0.1, -0.05) is 6.58 Å². The van der Waals surface area contributed by atoms with Gasteiger partial charge in [-0.3, -0.25) is 4.98 Å². The lowest BCUT2D eigenvalue weighted by Crippen LogP contribution is -2.04. The fraction of sp³-hybridized carbons (Fsp3) is 0.364. The third kappa shape index (κ3) is 2.67. The molecule has 70 valence electrons. The molecule has 0 N–H and O–H groups in total. The van der Waals surface area contributed by atoms with E-state index in [2.05, 4.69) is 11.6 Å². The minimum atomic E-state index is 0.00741. The Labute approximate surface area is 79.3 Å². The van der Waals surface area contributed by atoms with E-state index in [1.165, 1.54) is 0 Å². The molecule has 1 heterocycles. The number of hydrogen-bond donors (Lipinski definition) is 0. The van der Waals surface area contributed by atoms with E-state index in [-0.39, 0.29) is 6.10 Å². The Hall–Kier alpha value is -1.15. The Balaban J connectivity index is 2.82. The summed E-state index contributed by atoms with van der Waals surface area (Å²) in [5.74, 6) is 0. The second-order valence-electron chi connectivity index (χ2n) is 2.96. The van der Waals surface area contributed by atoms with Gasteiger partial charge in [0.05, 0.1) is 0 Å². The average molecular weight is 177 g/mol. The van der Waals surface area contributed by atoms with Gasteiger partial charge in [0.2, 0.25) is 0 Å². The lowest BCUT2D eigenvalue weighted by atomic mass is 10.1. The Bertz CT molecular complexity index is 269. The highest BCUT2D eigenvalue weighted by atomic mass is 16.5. The van der Waals surface area contributed by atoms with E-state index in [4.69, 9.17) is 4.74 Å². The number of pyridine rings is 1. The van der Waals surface area contributed by atoms with Crippen LogP contribution in [0.5, 0.6) is 0 Å². The summed E-state index contributed by atoms with van der Waals surface area (Å²) in [6.45, 7) is 8.56. The van der Waals surface area contributed by atoms with Crippen molar-refractivity contribution in [3.63, 3.8) is 0 Å². The van der Waals surface area contributed by atoms with Crippen molar-refractivity contribution in [1.29, 1.82) is 0 Å². The molecule has 0 saturated carbocycles. The molecule has 0 amide bonds. The molecule has 1 aromatic heterocycles. The zero-order valence-electron chi connectivity index (χ0n) is 8.16. The molecule has 0 aliphatic heterocycles. The van der Waals surface area contributed by atoms with Crippen LogP contribution in [0.2, 0.25) is 0 Å². The summed E-state index contributed by atoms with van der Waals surface area (Å²) in [7, 11) is 0. The normalized spacial score (nSPS) is 12.5. The van der Waals surface area contributed by atoms with Crippen LogP contribution in [0.1, 0.15) is 25.5 Å². The van der Waals surface area contributed by atoms with Crippen LogP contribution in [0.3, 0.4) is 0 Å². The number of rotatable bonds is 4. The third-order valence-corrected chi connectivity index (χ3v) is 1.79. The van der Waals surface area contributed by atoms with E-state index in [1.807, 2.05) is 26.0 Å². The lowest BCUT2D eigenvalue weighted by molar-refractivity contribution is 0.0887. The molecule has 2 nitrogen and oxygen atoms in total. The second-order valence-corrected chi connectivity index (χ2v) is 2.96. The van der Waals surface area contributed by atoms with Crippen molar-refractivity contribution in [1.82, 2.24) is 4.98 Å². The first-order valence-corrected chi connectivity index (χ1v) is 4.42. The number of ether oxygens (including phenoxy) is 1. The zero-order valence-corrected chi connectivity index (χ0v) is 8.16. The smallest absolute Gasteiger partial charge is 0.103 e. The highest BCUT2D eigenvalue weighted by Crippen LogP contribution is 2.23. The lowest BCUT2D eigenvalue weighted by Gasteiger charge is -2.16. The number of hydrogen-bond acceptors (Lipinski definition) is 2. The van der Waals surface area contributed by atoms with Crippen LogP contribution in [-0.4, -0.2) is 11.6 Å². The Morgan fingerprint density at radius 1 is 1.54 bits per heavy atom. The molecule has 1 aromatic rings. The third-order valence-electron chi connectivity index (χ3n) is 1.79.